The number of amides is 1. The van der Waals surface area contributed by atoms with Gasteiger partial charge in [-0.2, -0.15) is 4.99 Å². The van der Waals surface area contributed by atoms with Crippen LogP contribution in [-0.2, 0) is 9.53 Å². The zero-order chi connectivity index (χ0) is 12.8. The van der Waals surface area contributed by atoms with Gasteiger partial charge in [-0.3, -0.25) is 4.79 Å². The predicted octanol–water partition coefficient (Wildman–Crippen LogP) is 1.56. The molecule has 1 saturated heterocycles. The number of nitrogens with zero attached hydrogens (tertiary/aromatic N) is 1. The molecule has 18 heavy (non-hydrogen) atoms. The van der Waals surface area contributed by atoms with Crippen LogP contribution in [0.5, 0.6) is 0 Å². The van der Waals surface area contributed by atoms with Crippen LogP contribution in [0.2, 0.25) is 0 Å². The Morgan fingerprint density at radius 2 is 2.22 bits per heavy atom. The van der Waals surface area contributed by atoms with Gasteiger partial charge in [0.2, 0.25) is 6.08 Å². The van der Waals surface area contributed by atoms with E-state index in [4.69, 9.17) is 4.74 Å². The summed E-state index contributed by atoms with van der Waals surface area (Å²) in [6.45, 7) is 1.31. The second kappa shape index (κ2) is 6.10. The van der Waals surface area contributed by atoms with E-state index in [1.807, 2.05) is 0 Å². The Kier molecular flexibility index (Phi) is 4.23. The molecule has 1 amide bonds. The van der Waals surface area contributed by atoms with Crippen molar-refractivity contribution in [3.05, 3.63) is 29.8 Å². The number of hydrogen-bond acceptors (Lipinski definition) is 4. The molecule has 0 aromatic heterocycles. The van der Waals surface area contributed by atoms with Crippen LogP contribution in [-0.4, -0.2) is 31.2 Å². The monoisotopic (exact) mass is 246 g/mol. The molecule has 5 nitrogen and oxygen atoms in total. The Bertz CT molecular complexity index is 458. The number of carbonyl (C=O) groups is 1. The lowest BCUT2D eigenvalue weighted by Crippen LogP contribution is -2.31. The quantitative estimate of drug-likeness (QED) is 0.647. The Balaban J connectivity index is 1.89. The number of hydrogen-bond donors (Lipinski definition) is 1. The zero-order valence-electron chi connectivity index (χ0n) is 9.89. The summed E-state index contributed by atoms with van der Waals surface area (Å²) in [7, 11) is 0. The van der Waals surface area contributed by atoms with E-state index in [-0.39, 0.29) is 12.0 Å². The second-order valence-electron chi connectivity index (χ2n) is 4.10. The third kappa shape index (κ3) is 3.26. The standard InChI is InChI=1S/C13H14N2O3/c16-9-15-11-5-3-10(4-6-11)13(17)14-8-12-2-1-7-18-12/h3-6,12H,1-2,7-8H2,(H,14,17). The third-order valence-corrected chi connectivity index (χ3v) is 2.82. The minimum atomic E-state index is -0.146. The Hall–Kier alpha value is -1.97. The van der Waals surface area contributed by atoms with Crippen molar-refractivity contribution in [3.63, 3.8) is 0 Å². The van der Waals surface area contributed by atoms with Gasteiger partial charge in [0.1, 0.15) is 0 Å². The lowest BCUT2D eigenvalue weighted by atomic mass is 10.2. The third-order valence-electron chi connectivity index (χ3n) is 2.82. The SMILES string of the molecule is O=C=Nc1ccc(C(=O)NCC2CCCO2)cc1. The number of isocyanates is 1. The fourth-order valence-corrected chi connectivity index (χ4v) is 1.85. The van der Waals surface area contributed by atoms with Crippen molar-refractivity contribution in [1.29, 1.82) is 0 Å². The van der Waals surface area contributed by atoms with Crippen LogP contribution in [0.3, 0.4) is 0 Å². The van der Waals surface area contributed by atoms with Crippen molar-refractivity contribution in [2.75, 3.05) is 13.2 Å². The van der Waals surface area contributed by atoms with E-state index >= 15 is 0 Å². The number of benzene rings is 1. The lowest BCUT2D eigenvalue weighted by Gasteiger charge is -2.10. The predicted molar refractivity (Wildman–Crippen MR) is 65.5 cm³/mol. The number of aliphatic imine (C=N–C) groups is 1. The minimum Gasteiger partial charge on any atom is -0.376 e. The molecular formula is C13H14N2O3. The summed E-state index contributed by atoms with van der Waals surface area (Å²) in [6.07, 6.45) is 3.63. The normalized spacial score (nSPS) is 18.1. The second-order valence-corrected chi connectivity index (χ2v) is 4.10. The van der Waals surface area contributed by atoms with Crippen LogP contribution >= 0.6 is 0 Å². The number of carbonyl (C=O) groups excluding carboxylic acids is 2. The van der Waals surface area contributed by atoms with Crippen LogP contribution in [0.4, 0.5) is 5.69 Å². The molecule has 1 unspecified atom stereocenters. The molecular weight excluding hydrogens is 232 g/mol. The molecule has 0 bridgehead atoms. The summed E-state index contributed by atoms with van der Waals surface area (Å²) in [5.74, 6) is -0.146. The van der Waals surface area contributed by atoms with E-state index < -0.39 is 0 Å². The molecule has 1 N–H and O–H groups in total. The van der Waals surface area contributed by atoms with Crippen LogP contribution in [0.1, 0.15) is 23.2 Å². The molecule has 1 aromatic rings. The van der Waals surface area contributed by atoms with Gasteiger partial charge in [0.05, 0.1) is 11.8 Å². The largest absolute Gasteiger partial charge is 0.376 e. The fourth-order valence-electron chi connectivity index (χ4n) is 1.85. The summed E-state index contributed by atoms with van der Waals surface area (Å²) < 4.78 is 5.42. The highest BCUT2D eigenvalue weighted by atomic mass is 16.5. The molecule has 2 rings (SSSR count). The summed E-state index contributed by atoms with van der Waals surface area (Å²) in [5, 5.41) is 2.82. The summed E-state index contributed by atoms with van der Waals surface area (Å²) >= 11 is 0. The van der Waals surface area contributed by atoms with Gasteiger partial charge in [0.15, 0.2) is 0 Å². The summed E-state index contributed by atoms with van der Waals surface area (Å²) in [4.78, 5) is 25.3. The highest BCUT2D eigenvalue weighted by Crippen LogP contribution is 2.13. The maximum Gasteiger partial charge on any atom is 0.251 e. The molecule has 1 aromatic carbocycles. The average Bonchev–Trinajstić information content (AvgIpc) is 2.90. The maximum absolute atomic E-state index is 11.8. The molecule has 0 aliphatic carbocycles. The van der Waals surface area contributed by atoms with E-state index in [2.05, 4.69) is 10.3 Å². The van der Waals surface area contributed by atoms with Crippen molar-refractivity contribution in [2.24, 2.45) is 4.99 Å². The van der Waals surface area contributed by atoms with E-state index in [1.54, 1.807) is 24.3 Å². The van der Waals surface area contributed by atoms with E-state index in [9.17, 15) is 9.59 Å². The number of nitrogens with one attached hydrogen (secondary N) is 1. The molecule has 0 saturated carbocycles. The van der Waals surface area contributed by atoms with Gasteiger partial charge in [-0.15, -0.1) is 0 Å². The van der Waals surface area contributed by atoms with Crippen molar-refractivity contribution in [2.45, 2.75) is 18.9 Å². The van der Waals surface area contributed by atoms with Gasteiger partial charge in [0, 0.05) is 18.7 Å². The fraction of sp³-hybridized carbons (Fsp3) is 0.385. The molecule has 1 atom stereocenters. The van der Waals surface area contributed by atoms with Crippen molar-refractivity contribution in [1.82, 2.24) is 5.32 Å². The molecule has 0 spiro atoms. The van der Waals surface area contributed by atoms with E-state index in [0.717, 1.165) is 19.4 Å². The Morgan fingerprint density at radius 1 is 1.44 bits per heavy atom. The van der Waals surface area contributed by atoms with Gasteiger partial charge >= 0.3 is 0 Å². The summed E-state index contributed by atoms with van der Waals surface area (Å²) in [5.41, 5.74) is 1.03. The molecule has 1 heterocycles. The molecule has 5 heteroatoms. The van der Waals surface area contributed by atoms with Crippen molar-refractivity contribution < 1.29 is 14.3 Å². The topological polar surface area (TPSA) is 67.8 Å². The first-order valence-electron chi connectivity index (χ1n) is 5.87. The van der Waals surface area contributed by atoms with E-state index in [0.29, 0.717) is 17.8 Å². The van der Waals surface area contributed by atoms with Crippen molar-refractivity contribution in [3.8, 4) is 0 Å². The van der Waals surface area contributed by atoms with Gasteiger partial charge < -0.3 is 10.1 Å². The highest BCUT2D eigenvalue weighted by molar-refractivity contribution is 5.94. The van der Waals surface area contributed by atoms with Crippen LogP contribution in [0.25, 0.3) is 0 Å². The smallest absolute Gasteiger partial charge is 0.251 e. The first-order valence-corrected chi connectivity index (χ1v) is 5.87. The molecule has 1 aliphatic rings. The van der Waals surface area contributed by atoms with Gasteiger partial charge in [0.25, 0.3) is 5.91 Å². The zero-order valence-corrected chi connectivity index (χ0v) is 9.89. The Morgan fingerprint density at radius 3 is 2.83 bits per heavy atom. The van der Waals surface area contributed by atoms with Gasteiger partial charge in [-0.05, 0) is 37.1 Å². The van der Waals surface area contributed by atoms with Gasteiger partial charge in [-0.25, -0.2) is 4.79 Å². The molecule has 94 valence electrons. The van der Waals surface area contributed by atoms with E-state index in [1.165, 1.54) is 6.08 Å². The highest BCUT2D eigenvalue weighted by Gasteiger charge is 2.16. The first-order chi connectivity index (χ1) is 8.79. The van der Waals surface area contributed by atoms with Gasteiger partial charge in [-0.1, -0.05) is 0 Å². The van der Waals surface area contributed by atoms with Crippen LogP contribution in [0, 0.1) is 0 Å². The van der Waals surface area contributed by atoms with Crippen LogP contribution < -0.4 is 5.32 Å². The number of rotatable bonds is 4. The molecule has 1 fully saturated rings. The van der Waals surface area contributed by atoms with Crippen molar-refractivity contribution >= 4 is 17.7 Å². The maximum atomic E-state index is 11.8. The number of ether oxygens (including phenoxy) is 1. The Labute approximate surface area is 105 Å². The molecule has 1 aliphatic heterocycles. The lowest BCUT2D eigenvalue weighted by molar-refractivity contribution is 0.0858. The van der Waals surface area contributed by atoms with Crippen LogP contribution in [0.15, 0.2) is 29.3 Å². The average molecular weight is 246 g/mol. The minimum absolute atomic E-state index is 0.132. The summed E-state index contributed by atoms with van der Waals surface area (Å²) in [6, 6.07) is 6.46. The first kappa shape index (κ1) is 12.5. The molecule has 0 radical (unpaired) electrons.